The van der Waals surface area contributed by atoms with E-state index in [1.807, 2.05) is 0 Å². The normalized spacial score (nSPS) is 64.2. The molecule has 4 saturated carbocycles. The summed E-state index contributed by atoms with van der Waals surface area (Å²) in [6.45, 7) is 0. The fraction of sp³-hybridized carbons (Fsp3) is 0.818. The van der Waals surface area contributed by atoms with E-state index in [0.717, 1.165) is 5.01 Å². The number of carbonyl (C=O) groups excluding carboxylic acids is 2. The van der Waals surface area contributed by atoms with Crippen molar-refractivity contribution < 1.29 is 14.3 Å². The van der Waals surface area contributed by atoms with Gasteiger partial charge in [-0.15, -0.1) is 0 Å². The first-order chi connectivity index (χ1) is 7.70. The minimum Gasteiger partial charge on any atom is -0.369 e. The number of epoxide rings is 1. The second-order valence-electron chi connectivity index (χ2n) is 5.88. The van der Waals surface area contributed by atoms with Gasteiger partial charge in [0.15, 0.2) is 0 Å². The van der Waals surface area contributed by atoms with Gasteiger partial charge in [0.05, 0.1) is 24.0 Å². The van der Waals surface area contributed by atoms with Crippen LogP contribution in [0.4, 0.5) is 0 Å². The molecule has 6 rings (SSSR count). The zero-order valence-corrected chi connectivity index (χ0v) is 8.58. The Hall–Kier alpha value is -0.940. The summed E-state index contributed by atoms with van der Waals surface area (Å²) in [6.07, 6.45) is 1.72. The number of hydrogen-bond donors (Lipinski definition) is 1. The van der Waals surface area contributed by atoms with Crippen LogP contribution < -0.4 is 5.84 Å². The van der Waals surface area contributed by atoms with Crippen LogP contribution in [0.15, 0.2) is 0 Å². The summed E-state index contributed by atoms with van der Waals surface area (Å²) in [7, 11) is 0. The highest BCUT2D eigenvalue weighted by atomic mass is 16.6. The molecule has 0 aromatic heterocycles. The van der Waals surface area contributed by atoms with E-state index in [0.29, 0.717) is 11.8 Å². The molecule has 2 saturated heterocycles. The Kier molecular flexibility index (Phi) is 1.06. The highest BCUT2D eigenvalue weighted by Crippen LogP contribution is 2.72. The molecule has 84 valence electrons. The maximum atomic E-state index is 12.0. The number of hydrazine groups is 1. The molecule has 0 spiro atoms. The lowest BCUT2D eigenvalue weighted by Gasteiger charge is -2.39. The Morgan fingerprint density at radius 1 is 1.06 bits per heavy atom. The van der Waals surface area contributed by atoms with Crippen molar-refractivity contribution >= 4 is 11.8 Å². The van der Waals surface area contributed by atoms with Crippen LogP contribution in [0.1, 0.15) is 6.42 Å². The Labute approximate surface area is 91.9 Å². The van der Waals surface area contributed by atoms with Crippen LogP contribution in [-0.2, 0) is 14.3 Å². The standard InChI is InChI=1S/C11H12N2O3/c12-13-10(14)6-4-2-1-3(2)5(7(6)11(13)15)9-8(4)16-9/h2-9H,1,12H2/t2-,3+,4-,5-,6-,7-,8-,9-/m0/s1. The zero-order valence-electron chi connectivity index (χ0n) is 8.58. The molecule has 6 fully saturated rings. The lowest BCUT2D eigenvalue weighted by atomic mass is 9.59. The Balaban J connectivity index is 1.70. The van der Waals surface area contributed by atoms with E-state index in [1.165, 1.54) is 6.42 Å². The SMILES string of the molecule is NN1C(=O)[C@@H]2[C@@H](C1=O)[C@@H]1[C@H]3C[C@H]3[C@@H]2[C@@H]2O[C@H]21. The number of hydrogen-bond acceptors (Lipinski definition) is 4. The molecule has 0 aromatic rings. The minimum absolute atomic E-state index is 0.157. The second-order valence-corrected chi connectivity index (χ2v) is 5.88. The molecule has 5 heteroatoms. The molecule has 16 heavy (non-hydrogen) atoms. The van der Waals surface area contributed by atoms with Gasteiger partial charge in [0.2, 0.25) is 11.8 Å². The third-order valence-corrected chi connectivity index (χ3v) is 5.46. The van der Waals surface area contributed by atoms with Crippen LogP contribution in [0.3, 0.4) is 0 Å². The number of nitrogens with two attached hydrogens (primary N) is 1. The van der Waals surface area contributed by atoms with Crippen LogP contribution in [0.5, 0.6) is 0 Å². The van der Waals surface area contributed by atoms with Crippen molar-refractivity contribution in [2.45, 2.75) is 18.6 Å². The minimum atomic E-state index is -0.163. The van der Waals surface area contributed by atoms with Gasteiger partial charge >= 0.3 is 0 Å². The maximum Gasteiger partial charge on any atom is 0.247 e. The van der Waals surface area contributed by atoms with Crippen molar-refractivity contribution in [3.63, 3.8) is 0 Å². The molecule has 2 amide bonds. The smallest absolute Gasteiger partial charge is 0.247 e. The van der Waals surface area contributed by atoms with Crippen LogP contribution in [0.2, 0.25) is 0 Å². The predicted octanol–water partition coefficient (Wildman–Crippen LogP) is -0.876. The number of nitrogens with zero attached hydrogens (tertiary/aromatic N) is 1. The molecule has 0 aromatic carbocycles. The van der Waals surface area contributed by atoms with Gasteiger partial charge in [0.1, 0.15) is 0 Å². The van der Waals surface area contributed by atoms with Gasteiger partial charge in [0.25, 0.3) is 0 Å². The van der Waals surface area contributed by atoms with Crippen LogP contribution in [0, 0.1) is 35.5 Å². The summed E-state index contributed by atoms with van der Waals surface area (Å²) in [6, 6.07) is 0. The molecule has 4 aliphatic carbocycles. The van der Waals surface area contributed by atoms with E-state index < -0.39 is 0 Å². The molecule has 2 heterocycles. The highest BCUT2D eigenvalue weighted by Gasteiger charge is 2.79. The molecule has 0 unspecified atom stereocenters. The fourth-order valence-corrected chi connectivity index (χ4v) is 4.85. The highest BCUT2D eigenvalue weighted by molar-refractivity contribution is 6.05. The lowest BCUT2D eigenvalue weighted by molar-refractivity contribution is -0.140. The summed E-state index contributed by atoms with van der Waals surface area (Å²) in [5, 5.41) is 0.866. The first-order valence-corrected chi connectivity index (χ1v) is 5.98. The lowest BCUT2D eigenvalue weighted by Crippen LogP contribution is -2.48. The van der Waals surface area contributed by atoms with E-state index in [9.17, 15) is 9.59 Å². The summed E-state index contributed by atoms with van der Waals surface area (Å²) in [4.78, 5) is 24.0. The first-order valence-electron chi connectivity index (χ1n) is 5.98. The largest absolute Gasteiger partial charge is 0.369 e. The molecular formula is C11H12N2O3. The molecule has 2 N–H and O–H groups in total. The van der Waals surface area contributed by atoms with E-state index in [4.69, 9.17) is 10.6 Å². The molecule has 0 radical (unpaired) electrons. The van der Waals surface area contributed by atoms with Gasteiger partial charge in [-0.3, -0.25) is 9.59 Å². The van der Waals surface area contributed by atoms with Crippen molar-refractivity contribution in [1.29, 1.82) is 0 Å². The molecule has 2 bridgehead atoms. The van der Waals surface area contributed by atoms with Gasteiger partial charge in [0, 0.05) is 11.8 Å². The third-order valence-electron chi connectivity index (χ3n) is 5.46. The van der Waals surface area contributed by atoms with Crippen LogP contribution >= 0.6 is 0 Å². The maximum absolute atomic E-state index is 12.0. The predicted molar refractivity (Wildman–Crippen MR) is 50.3 cm³/mol. The number of rotatable bonds is 0. The third kappa shape index (κ3) is 0.627. The quantitative estimate of drug-likeness (QED) is 0.249. The van der Waals surface area contributed by atoms with E-state index >= 15 is 0 Å². The molecular weight excluding hydrogens is 208 g/mol. The van der Waals surface area contributed by atoms with Crippen molar-refractivity contribution in [1.82, 2.24) is 5.01 Å². The Bertz CT molecular complexity index is 395. The molecule has 8 atom stereocenters. The summed E-state index contributed by atoms with van der Waals surface area (Å²) in [5.41, 5.74) is 0. The van der Waals surface area contributed by atoms with E-state index in [-0.39, 0.29) is 47.7 Å². The van der Waals surface area contributed by atoms with Crippen molar-refractivity contribution in [2.24, 2.45) is 41.4 Å². The van der Waals surface area contributed by atoms with Crippen molar-refractivity contribution in [2.75, 3.05) is 0 Å². The summed E-state index contributed by atoms with van der Waals surface area (Å²) < 4.78 is 5.67. The van der Waals surface area contributed by atoms with E-state index in [2.05, 4.69) is 0 Å². The van der Waals surface area contributed by atoms with Crippen LogP contribution in [-0.4, -0.2) is 29.0 Å². The first kappa shape index (κ1) is 8.20. The van der Waals surface area contributed by atoms with Crippen molar-refractivity contribution in [3.8, 4) is 0 Å². The summed E-state index contributed by atoms with van der Waals surface area (Å²) >= 11 is 0. The fourth-order valence-electron chi connectivity index (χ4n) is 4.85. The molecule has 2 aliphatic heterocycles. The second kappa shape index (κ2) is 2.07. The van der Waals surface area contributed by atoms with Gasteiger partial charge in [-0.2, -0.15) is 0 Å². The van der Waals surface area contributed by atoms with Crippen LogP contribution in [0.25, 0.3) is 0 Å². The summed E-state index contributed by atoms with van der Waals surface area (Å²) in [5.74, 6) is 6.76. The molecule has 6 aliphatic rings. The van der Waals surface area contributed by atoms with Gasteiger partial charge in [-0.1, -0.05) is 0 Å². The number of carbonyl (C=O) groups is 2. The molecule has 5 nitrogen and oxygen atoms in total. The van der Waals surface area contributed by atoms with Crippen molar-refractivity contribution in [3.05, 3.63) is 0 Å². The Morgan fingerprint density at radius 3 is 2.06 bits per heavy atom. The van der Waals surface area contributed by atoms with E-state index in [1.54, 1.807) is 0 Å². The Morgan fingerprint density at radius 2 is 1.56 bits per heavy atom. The number of amides is 2. The van der Waals surface area contributed by atoms with Gasteiger partial charge in [-0.05, 0) is 18.3 Å². The zero-order chi connectivity index (χ0) is 10.8. The van der Waals surface area contributed by atoms with Gasteiger partial charge < -0.3 is 4.74 Å². The average molecular weight is 220 g/mol. The average Bonchev–Trinajstić information content (AvgIpc) is 3.13. The number of imide groups is 1. The monoisotopic (exact) mass is 220 g/mol. The van der Waals surface area contributed by atoms with Gasteiger partial charge in [-0.25, -0.2) is 10.9 Å². The number of ether oxygens (including phenoxy) is 1. The topological polar surface area (TPSA) is 75.9 Å².